The maximum absolute atomic E-state index is 10.9. The van der Waals surface area contributed by atoms with Gasteiger partial charge in [0, 0.05) is 12.8 Å². The maximum atomic E-state index is 10.9. The molecule has 0 aliphatic carbocycles. The Morgan fingerprint density at radius 1 is 1.70 bits per heavy atom. The number of rotatable bonds is 1. The maximum Gasteiger partial charge on any atom is 0.251 e. The third-order valence-electron chi connectivity index (χ3n) is 1.43. The zero-order chi connectivity index (χ0) is 7.56. The van der Waals surface area contributed by atoms with E-state index in [1.165, 1.54) is 12.2 Å². The summed E-state index contributed by atoms with van der Waals surface area (Å²) >= 11 is 0. The van der Waals surface area contributed by atoms with E-state index in [1.54, 1.807) is 0 Å². The molecule has 1 amide bonds. The topological polar surface area (TPSA) is 29.5 Å². The van der Waals surface area contributed by atoms with E-state index in [0.717, 1.165) is 5.70 Å². The van der Waals surface area contributed by atoms with Crippen LogP contribution in [0, 0.1) is 0 Å². The molecule has 0 radical (unpaired) electrons. The predicted molar refractivity (Wildman–Crippen MR) is 35.7 cm³/mol. The summed E-state index contributed by atoms with van der Waals surface area (Å²) < 4.78 is 0. The van der Waals surface area contributed by atoms with Gasteiger partial charge in [-0.25, -0.2) is 0 Å². The van der Waals surface area contributed by atoms with Crippen molar-refractivity contribution in [2.24, 2.45) is 0 Å². The van der Waals surface area contributed by atoms with E-state index < -0.39 is 0 Å². The van der Waals surface area contributed by atoms with Crippen molar-refractivity contribution in [1.29, 1.82) is 0 Å². The van der Waals surface area contributed by atoms with E-state index in [9.17, 15) is 4.79 Å². The van der Waals surface area contributed by atoms with Crippen LogP contribution < -0.4 is 0 Å². The predicted octanol–water partition coefficient (Wildman–Crippen LogP) is 0.839. The summed E-state index contributed by atoms with van der Waals surface area (Å²) in [7, 11) is 1.46. The quantitative estimate of drug-likeness (QED) is 0.504. The Morgan fingerprint density at radius 3 is 2.80 bits per heavy atom. The van der Waals surface area contributed by atoms with Gasteiger partial charge in [0.25, 0.3) is 5.91 Å². The molecule has 54 valence electrons. The Bertz CT molecular complexity index is 204. The summed E-state index contributed by atoms with van der Waals surface area (Å²) in [5.74, 6) is -0.0198. The first-order chi connectivity index (χ1) is 4.79. The molecule has 0 aromatic heterocycles. The molecule has 3 heteroatoms. The zero-order valence-electron chi connectivity index (χ0n) is 5.89. The molecule has 0 unspecified atom stereocenters. The van der Waals surface area contributed by atoms with E-state index in [1.807, 2.05) is 0 Å². The fourth-order valence-electron chi connectivity index (χ4n) is 0.951. The summed E-state index contributed by atoms with van der Waals surface area (Å²) in [5, 5.41) is 1.23. The number of hydrogen-bond donors (Lipinski definition) is 0. The number of hydroxylamine groups is 2. The van der Waals surface area contributed by atoms with E-state index in [-0.39, 0.29) is 5.91 Å². The van der Waals surface area contributed by atoms with Crippen LogP contribution >= 0.6 is 0 Å². The first kappa shape index (κ1) is 7.06. The highest BCUT2D eigenvalue weighted by molar-refractivity contribution is 5.79. The van der Waals surface area contributed by atoms with Gasteiger partial charge in [-0.2, -0.15) is 5.06 Å². The van der Waals surface area contributed by atoms with Crippen LogP contribution in [0.15, 0.2) is 18.0 Å². The minimum Gasteiger partial charge on any atom is -0.272 e. The van der Waals surface area contributed by atoms with E-state index >= 15 is 0 Å². The zero-order valence-corrected chi connectivity index (χ0v) is 5.89. The Hall–Kier alpha value is -1.05. The molecule has 3 nitrogen and oxygen atoms in total. The molecule has 1 rings (SSSR count). The number of carbonyl (C=O) groups excluding carboxylic acids is 1. The van der Waals surface area contributed by atoms with Crippen molar-refractivity contribution < 1.29 is 9.63 Å². The van der Waals surface area contributed by atoms with Crippen LogP contribution in [-0.4, -0.2) is 18.1 Å². The molecule has 1 heterocycles. The molecule has 1 aliphatic rings. The highest BCUT2D eigenvalue weighted by Crippen LogP contribution is 2.20. The smallest absolute Gasteiger partial charge is 0.251 e. The van der Waals surface area contributed by atoms with Crippen molar-refractivity contribution in [1.82, 2.24) is 5.06 Å². The molecule has 0 spiro atoms. The first-order valence-electron chi connectivity index (χ1n) is 3.05. The second-order valence-corrected chi connectivity index (χ2v) is 1.99. The van der Waals surface area contributed by atoms with Crippen LogP contribution in [-0.2, 0) is 9.63 Å². The second kappa shape index (κ2) is 2.69. The molecular weight excluding hydrogens is 130 g/mol. The van der Waals surface area contributed by atoms with Crippen molar-refractivity contribution in [2.75, 3.05) is 7.11 Å². The molecular formula is C7H9NO2. The lowest BCUT2D eigenvalue weighted by Crippen LogP contribution is -2.21. The van der Waals surface area contributed by atoms with Gasteiger partial charge in [0.15, 0.2) is 0 Å². The number of nitrogens with zero attached hydrogens (tertiary/aromatic N) is 1. The molecule has 1 aliphatic heterocycles. The molecule has 10 heavy (non-hydrogen) atoms. The Balaban J connectivity index is 2.82. The van der Waals surface area contributed by atoms with Crippen LogP contribution in [0.4, 0.5) is 0 Å². The van der Waals surface area contributed by atoms with Gasteiger partial charge in [-0.15, -0.1) is 5.73 Å². The monoisotopic (exact) mass is 139 g/mol. The summed E-state index contributed by atoms with van der Waals surface area (Å²) in [6.45, 7) is 3.44. The van der Waals surface area contributed by atoms with Gasteiger partial charge in [-0.05, 0) is 0 Å². The third kappa shape index (κ3) is 0.967. The SMILES string of the molecule is C=C=C1CCC(=O)N1OC. The first-order valence-corrected chi connectivity index (χ1v) is 3.05. The van der Waals surface area contributed by atoms with E-state index in [2.05, 4.69) is 12.3 Å². The molecule has 1 fully saturated rings. The van der Waals surface area contributed by atoms with Crippen LogP contribution in [0.3, 0.4) is 0 Å². The fourth-order valence-corrected chi connectivity index (χ4v) is 0.951. The lowest BCUT2D eigenvalue weighted by Gasteiger charge is -2.11. The normalized spacial score (nSPS) is 17.9. The largest absolute Gasteiger partial charge is 0.272 e. The molecule has 0 bridgehead atoms. The molecule has 0 saturated carbocycles. The van der Waals surface area contributed by atoms with Crippen molar-refractivity contribution in [3.05, 3.63) is 18.0 Å². The summed E-state index contributed by atoms with van der Waals surface area (Å²) in [5.41, 5.74) is 3.37. The molecule has 1 saturated heterocycles. The lowest BCUT2D eigenvalue weighted by molar-refractivity contribution is -0.159. The second-order valence-electron chi connectivity index (χ2n) is 1.99. The number of hydrogen-bond acceptors (Lipinski definition) is 2. The molecule has 0 atom stereocenters. The van der Waals surface area contributed by atoms with Gasteiger partial charge < -0.3 is 0 Å². The van der Waals surface area contributed by atoms with Crippen LogP contribution in [0.1, 0.15) is 12.8 Å². The van der Waals surface area contributed by atoms with E-state index in [4.69, 9.17) is 4.84 Å². The van der Waals surface area contributed by atoms with Gasteiger partial charge in [-0.1, -0.05) is 6.58 Å². The highest BCUT2D eigenvalue weighted by atomic mass is 16.7. The van der Waals surface area contributed by atoms with Crippen LogP contribution in [0.2, 0.25) is 0 Å². The fraction of sp³-hybridized carbons (Fsp3) is 0.429. The van der Waals surface area contributed by atoms with Crippen LogP contribution in [0.25, 0.3) is 0 Å². The van der Waals surface area contributed by atoms with Gasteiger partial charge in [0.1, 0.15) is 0 Å². The minimum absolute atomic E-state index is 0.0198. The number of amides is 1. The lowest BCUT2D eigenvalue weighted by atomic mass is 10.3. The number of allylic oxidation sites excluding steroid dienone is 1. The van der Waals surface area contributed by atoms with Crippen molar-refractivity contribution in [2.45, 2.75) is 12.8 Å². The van der Waals surface area contributed by atoms with Crippen molar-refractivity contribution >= 4 is 5.91 Å². The number of carbonyl (C=O) groups is 1. The average molecular weight is 139 g/mol. The molecule has 0 N–H and O–H groups in total. The van der Waals surface area contributed by atoms with Crippen molar-refractivity contribution in [3.63, 3.8) is 0 Å². The Labute approximate surface area is 59.5 Å². The Kier molecular flexibility index (Phi) is 1.90. The summed E-state index contributed by atoms with van der Waals surface area (Å²) in [4.78, 5) is 15.7. The minimum atomic E-state index is -0.0198. The molecule has 0 aromatic rings. The average Bonchev–Trinajstić information content (AvgIpc) is 2.30. The van der Waals surface area contributed by atoms with Gasteiger partial charge in [-0.3, -0.25) is 9.63 Å². The summed E-state index contributed by atoms with van der Waals surface area (Å²) in [6.07, 6.45) is 1.20. The van der Waals surface area contributed by atoms with Crippen molar-refractivity contribution in [3.8, 4) is 0 Å². The van der Waals surface area contributed by atoms with E-state index in [0.29, 0.717) is 12.8 Å². The standard InChI is InChI=1S/C7H9NO2/c1-3-6-4-5-7(9)8(6)10-2/h1,4-5H2,2H3. The Morgan fingerprint density at radius 2 is 2.40 bits per heavy atom. The highest BCUT2D eigenvalue weighted by Gasteiger charge is 2.25. The van der Waals surface area contributed by atoms with Gasteiger partial charge in [0.2, 0.25) is 0 Å². The summed E-state index contributed by atoms with van der Waals surface area (Å²) in [6, 6.07) is 0. The van der Waals surface area contributed by atoms with Gasteiger partial charge in [0.05, 0.1) is 12.8 Å². The van der Waals surface area contributed by atoms with Crippen LogP contribution in [0.5, 0.6) is 0 Å². The molecule has 0 aromatic carbocycles. The van der Waals surface area contributed by atoms with Gasteiger partial charge >= 0.3 is 0 Å². The third-order valence-corrected chi connectivity index (χ3v) is 1.43.